The molecule has 0 aliphatic heterocycles. The molecule has 0 aromatic heterocycles. The maximum atomic E-state index is 12.1. The van der Waals surface area contributed by atoms with Crippen LogP contribution in [-0.2, 0) is 17.9 Å². The minimum absolute atomic E-state index is 0.0990. The van der Waals surface area contributed by atoms with Gasteiger partial charge in [-0.1, -0.05) is 69.4 Å². The van der Waals surface area contributed by atoms with Crippen molar-refractivity contribution in [3.05, 3.63) is 59.7 Å². The van der Waals surface area contributed by atoms with Crippen molar-refractivity contribution in [1.29, 1.82) is 0 Å². The van der Waals surface area contributed by atoms with Crippen LogP contribution in [0.3, 0.4) is 0 Å². The molecule has 152 valence electrons. The monoisotopic (exact) mass is 383 g/mol. The predicted octanol–water partition coefficient (Wildman–Crippen LogP) is 5.64. The number of hydrogen-bond donors (Lipinski definition) is 1. The van der Waals surface area contributed by atoms with E-state index in [9.17, 15) is 4.79 Å². The second kappa shape index (κ2) is 12.8. The third-order valence-corrected chi connectivity index (χ3v) is 4.74. The summed E-state index contributed by atoms with van der Waals surface area (Å²) in [5.74, 6) is 1.58. The number of amides is 1. The molecule has 0 unspecified atom stereocenters. The number of ether oxygens (including phenoxy) is 2. The fourth-order valence-electron chi connectivity index (χ4n) is 3.05. The molecule has 4 nitrogen and oxygen atoms in total. The standard InChI is InChI=1S/C24H33NO3/c1-3-4-5-6-7-11-14-24(26)25-18-21-15-16-22(17-23(21)27-2)28-19-20-12-9-8-10-13-20/h8-10,12-13,15-17H,3-7,11,14,18-19H2,1-2H3,(H,25,26). The Bertz CT molecular complexity index is 700. The van der Waals surface area contributed by atoms with Crippen LogP contribution in [0.1, 0.15) is 63.0 Å². The average Bonchev–Trinajstić information content (AvgIpc) is 2.74. The summed E-state index contributed by atoms with van der Waals surface area (Å²) >= 11 is 0. The molecule has 4 heteroatoms. The zero-order valence-electron chi connectivity index (χ0n) is 17.2. The molecule has 28 heavy (non-hydrogen) atoms. The highest BCUT2D eigenvalue weighted by molar-refractivity contribution is 5.75. The van der Waals surface area contributed by atoms with E-state index in [-0.39, 0.29) is 5.91 Å². The van der Waals surface area contributed by atoms with Crippen molar-refractivity contribution in [2.24, 2.45) is 0 Å². The first-order valence-electron chi connectivity index (χ1n) is 10.3. The number of rotatable bonds is 13. The molecule has 1 amide bonds. The number of carbonyl (C=O) groups excluding carboxylic acids is 1. The van der Waals surface area contributed by atoms with Gasteiger partial charge < -0.3 is 14.8 Å². The van der Waals surface area contributed by atoms with Gasteiger partial charge in [0.2, 0.25) is 5.91 Å². The van der Waals surface area contributed by atoms with Crippen LogP contribution in [-0.4, -0.2) is 13.0 Å². The summed E-state index contributed by atoms with van der Waals surface area (Å²) in [7, 11) is 1.64. The Morgan fingerprint density at radius 1 is 0.964 bits per heavy atom. The minimum atomic E-state index is 0.0990. The van der Waals surface area contributed by atoms with Gasteiger partial charge >= 0.3 is 0 Å². The molecule has 0 spiro atoms. The number of nitrogens with one attached hydrogen (secondary N) is 1. The molecule has 0 fully saturated rings. The average molecular weight is 384 g/mol. The van der Waals surface area contributed by atoms with Gasteiger partial charge in [0.25, 0.3) is 0 Å². The Morgan fingerprint density at radius 2 is 1.71 bits per heavy atom. The molecule has 0 saturated carbocycles. The molecule has 0 aliphatic rings. The first-order chi connectivity index (χ1) is 13.7. The van der Waals surface area contributed by atoms with Crippen LogP contribution in [0, 0.1) is 0 Å². The molecule has 0 bridgehead atoms. The van der Waals surface area contributed by atoms with E-state index in [1.165, 1.54) is 25.7 Å². The van der Waals surface area contributed by atoms with Crippen molar-refractivity contribution < 1.29 is 14.3 Å². The summed E-state index contributed by atoms with van der Waals surface area (Å²) in [6, 6.07) is 15.8. The number of methoxy groups -OCH3 is 1. The molecular formula is C24H33NO3. The van der Waals surface area contributed by atoms with Gasteiger partial charge in [-0.25, -0.2) is 0 Å². The van der Waals surface area contributed by atoms with Gasteiger partial charge in [0.15, 0.2) is 0 Å². The Hall–Kier alpha value is -2.49. The second-order valence-corrected chi connectivity index (χ2v) is 7.04. The van der Waals surface area contributed by atoms with Crippen molar-refractivity contribution in [2.45, 2.75) is 65.0 Å². The van der Waals surface area contributed by atoms with Gasteiger partial charge in [-0.2, -0.15) is 0 Å². The summed E-state index contributed by atoms with van der Waals surface area (Å²) in [4.78, 5) is 12.1. The van der Waals surface area contributed by atoms with Crippen LogP contribution in [0.2, 0.25) is 0 Å². The molecule has 0 radical (unpaired) electrons. The van der Waals surface area contributed by atoms with E-state index >= 15 is 0 Å². The van der Waals surface area contributed by atoms with Crippen LogP contribution in [0.4, 0.5) is 0 Å². The zero-order valence-corrected chi connectivity index (χ0v) is 17.2. The van der Waals surface area contributed by atoms with Crippen LogP contribution in [0.5, 0.6) is 11.5 Å². The van der Waals surface area contributed by atoms with Gasteiger partial charge in [0, 0.05) is 24.6 Å². The van der Waals surface area contributed by atoms with Crippen molar-refractivity contribution in [1.82, 2.24) is 5.32 Å². The number of unbranched alkanes of at least 4 members (excludes halogenated alkanes) is 5. The fourth-order valence-corrected chi connectivity index (χ4v) is 3.05. The van der Waals surface area contributed by atoms with E-state index in [1.807, 2.05) is 48.5 Å². The van der Waals surface area contributed by atoms with Gasteiger partial charge in [0.05, 0.1) is 7.11 Å². The van der Waals surface area contributed by atoms with Crippen LogP contribution in [0.25, 0.3) is 0 Å². The molecule has 0 heterocycles. The van der Waals surface area contributed by atoms with E-state index in [0.717, 1.165) is 35.5 Å². The smallest absolute Gasteiger partial charge is 0.220 e. The Morgan fingerprint density at radius 3 is 2.46 bits per heavy atom. The number of hydrogen-bond acceptors (Lipinski definition) is 3. The molecule has 2 aromatic rings. The lowest BCUT2D eigenvalue weighted by molar-refractivity contribution is -0.121. The highest BCUT2D eigenvalue weighted by atomic mass is 16.5. The van der Waals surface area contributed by atoms with Crippen LogP contribution in [0.15, 0.2) is 48.5 Å². The largest absolute Gasteiger partial charge is 0.496 e. The quantitative estimate of drug-likeness (QED) is 0.455. The molecule has 2 rings (SSSR count). The molecular weight excluding hydrogens is 350 g/mol. The molecule has 0 saturated heterocycles. The van der Waals surface area contributed by atoms with Crippen molar-refractivity contribution in [2.75, 3.05) is 7.11 Å². The van der Waals surface area contributed by atoms with Crippen molar-refractivity contribution in [3.63, 3.8) is 0 Å². The predicted molar refractivity (Wildman–Crippen MR) is 114 cm³/mol. The van der Waals surface area contributed by atoms with E-state index < -0.39 is 0 Å². The topological polar surface area (TPSA) is 47.6 Å². The molecule has 2 aromatic carbocycles. The summed E-state index contributed by atoms with van der Waals surface area (Å²) in [5.41, 5.74) is 2.07. The summed E-state index contributed by atoms with van der Waals surface area (Å²) in [5, 5.41) is 2.99. The minimum Gasteiger partial charge on any atom is -0.496 e. The molecule has 0 atom stereocenters. The Labute approximate surface area is 169 Å². The summed E-state index contributed by atoms with van der Waals surface area (Å²) in [6.07, 6.45) is 7.71. The zero-order chi connectivity index (χ0) is 20.0. The third kappa shape index (κ3) is 8.03. The molecule has 1 N–H and O–H groups in total. The van der Waals surface area contributed by atoms with Gasteiger partial charge in [-0.15, -0.1) is 0 Å². The van der Waals surface area contributed by atoms with Crippen LogP contribution >= 0.6 is 0 Å². The lowest BCUT2D eigenvalue weighted by Crippen LogP contribution is -2.22. The van der Waals surface area contributed by atoms with Gasteiger partial charge in [0.1, 0.15) is 18.1 Å². The second-order valence-electron chi connectivity index (χ2n) is 7.04. The normalized spacial score (nSPS) is 10.5. The van der Waals surface area contributed by atoms with Crippen LogP contribution < -0.4 is 14.8 Å². The molecule has 0 aliphatic carbocycles. The fraction of sp³-hybridized carbons (Fsp3) is 0.458. The maximum Gasteiger partial charge on any atom is 0.220 e. The lowest BCUT2D eigenvalue weighted by atomic mass is 10.1. The van der Waals surface area contributed by atoms with E-state index in [2.05, 4.69) is 12.2 Å². The van der Waals surface area contributed by atoms with Crippen molar-refractivity contribution in [3.8, 4) is 11.5 Å². The van der Waals surface area contributed by atoms with Gasteiger partial charge in [-0.3, -0.25) is 4.79 Å². The summed E-state index contributed by atoms with van der Waals surface area (Å²) < 4.78 is 11.3. The van der Waals surface area contributed by atoms with E-state index in [1.54, 1.807) is 7.11 Å². The third-order valence-electron chi connectivity index (χ3n) is 4.74. The maximum absolute atomic E-state index is 12.1. The van der Waals surface area contributed by atoms with Crippen molar-refractivity contribution >= 4 is 5.91 Å². The van der Waals surface area contributed by atoms with E-state index in [4.69, 9.17) is 9.47 Å². The SMILES string of the molecule is CCCCCCCCC(=O)NCc1ccc(OCc2ccccc2)cc1OC. The lowest BCUT2D eigenvalue weighted by Gasteiger charge is -2.13. The van der Waals surface area contributed by atoms with E-state index in [0.29, 0.717) is 19.6 Å². The number of benzene rings is 2. The highest BCUT2D eigenvalue weighted by Gasteiger charge is 2.08. The highest BCUT2D eigenvalue weighted by Crippen LogP contribution is 2.25. The first kappa shape index (κ1) is 21.8. The number of carbonyl (C=O) groups is 1. The first-order valence-corrected chi connectivity index (χ1v) is 10.3. The summed E-state index contributed by atoms with van der Waals surface area (Å²) in [6.45, 7) is 3.19. The Balaban J connectivity index is 1.76. The Kier molecular flexibility index (Phi) is 9.98. The van der Waals surface area contributed by atoms with Gasteiger partial charge in [-0.05, 0) is 24.1 Å².